The summed E-state index contributed by atoms with van der Waals surface area (Å²) in [6, 6.07) is 9.26. The molecular formula is C63H90O36S3. The van der Waals surface area contributed by atoms with E-state index in [1.807, 2.05) is 0 Å². The lowest BCUT2D eigenvalue weighted by molar-refractivity contribution is -0.403. The van der Waals surface area contributed by atoms with Crippen LogP contribution in [0.5, 0.6) is 0 Å². The molecule has 0 radical (unpaired) electrons. The molecule has 0 unspecified atom stereocenters. The van der Waals surface area contributed by atoms with Crippen LogP contribution in [0.1, 0.15) is 50.1 Å². The van der Waals surface area contributed by atoms with Crippen molar-refractivity contribution >= 4 is 30.4 Å². The fraction of sp³-hybridized carbons (Fsp3) is 0.714. The number of ether oxygens (including phenoxy) is 12. The van der Waals surface area contributed by atoms with Crippen molar-refractivity contribution in [2.75, 3.05) is 39.6 Å². The molecule has 36 nitrogen and oxygen atoms in total. The topological polar surface area (TPSA) is 544 Å². The summed E-state index contributed by atoms with van der Waals surface area (Å²) in [5, 5.41) is 175. The van der Waals surface area contributed by atoms with Gasteiger partial charge in [-0.2, -0.15) is 25.3 Å². The third-order valence-electron chi connectivity index (χ3n) is 18.9. The van der Waals surface area contributed by atoms with Crippen LogP contribution in [0.15, 0.2) is 51.1 Å². The van der Waals surface area contributed by atoms with E-state index in [0.29, 0.717) is 16.7 Å². The van der Waals surface area contributed by atoms with Gasteiger partial charge in [-0.05, 0) is 95.7 Å². The van der Waals surface area contributed by atoms with Gasteiger partial charge in [-0.1, -0.05) is 53.1 Å². The predicted molar refractivity (Wildman–Crippen MR) is 336 cm³/mol. The quantitative estimate of drug-likeness (QED) is 0.0630. The van der Waals surface area contributed by atoms with Crippen molar-refractivity contribution in [3.8, 4) is 0 Å². The van der Waals surface area contributed by atoms with E-state index in [1.54, 1.807) is 57.2 Å². The first-order chi connectivity index (χ1) is 47.8. The van der Waals surface area contributed by atoms with Crippen LogP contribution >= 0.6 is 0 Å². The van der Waals surface area contributed by atoms with Gasteiger partial charge in [-0.3, -0.25) is 12.5 Å². The maximum Gasteiger partial charge on any atom is 0.297 e. The van der Waals surface area contributed by atoms with Gasteiger partial charge in [-0.15, -0.1) is 0 Å². The normalized spacial score (nSPS) is 40.5. The molecular weight excluding hydrogens is 1430 g/mol. The molecule has 0 saturated carbocycles. The molecule has 30 atom stereocenters. The van der Waals surface area contributed by atoms with Crippen molar-refractivity contribution in [2.24, 2.45) is 0 Å². The zero-order valence-corrected chi connectivity index (χ0v) is 59.0. The number of benzene rings is 3. The van der Waals surface area contributed by atoms with E-state index >= 15 is 0 Å². The average Bonchev–Trinajstić information content (AvgIpc) is 0.775. The number of aliphatic hydroxyl groups excluding tert-OH is 15. The van der Waals surface area contributed by atoms with E-state index in [1.165, 1.54) is 41.5 Å². The molecule has 22 aliphatic heterocycles. The van der Waals surface area contributed by atoms with Gasteiger partial charge >= 0.3 is 0 Å². The second-order valence-corrected chi connectivity index (χ2v) is 31.4. The Hall–Kier alpha value is -3.69. The van der Waals surface area contributed by atoms with E-state index in [4.69, 9.17) is 69.4 Å². The van der Waals surface area contributed by atoms with Gasteiger partial charge < -0.3 is 133 Å². The van der Waals surface area contributed by atoms with Crippen LogP contribution in [0.25, 0.3) is 0 Å². The van der Waals surface area contributed by atoms with Crippen LogP contribution in [0.2, 0.25) is 0 Å². The molecule has 3 aromatic rings. The Morgan fingerprint density at radius 3 is 0.588 bits per heavy atom. The van der Waals surface area contributed by atoms with Gasteiger partial charge in [0.25, 0.3) is 30.4 Å². The minimum Gasteiger partial charge on any atom is -0.394 e. The first-order valence-electron chi connectivity index (χ1n) is 32.6. The number of aryl methyl sites for hydroxylation is 9. The van der Waals surface area contributed by atoms with Crippen LogP contribution in [0.3, 0.4) is 0 Å². The van der Waals surface area contributed by atoms with Crippen LogP contribution in [0.4, 0.5) is 0 Å². The van der Waals surface area contributed by atoms with E-state index in [0.717, 1.165) is 0 Å². The lowest BCUT2D eigenvalue weighted by Gasteiger charge is -2.50. The SMILES string of the molecule is Cc1cc(C)c(S(=O)(=O)OC[C@H]2O[C@@H]3O[C@H]4[C@H](O)[C@@H](O)[C@@H](O[C@H]5[C@H](O)[C@@H](O)[C@@H](O[C@H]6[C@H](O)[C@@H](O)[C@@H](O[C@H]7[C@H](O)[C@@H](O)[C@@H](O[C@H]8[C@H](O)[C@@H](O)[C@@H](O[C@H]2[C@H](O)[C@H]3O)O[C@@H]8CO)O[C@@H]7COS(=O)(=O)c2c(C)cc(C)cc2C)O[C@@H]6CO)O[C@@H]5COS(=O)(=O)c2c(C)cc(C)cc2C)O[C@@H]4CO)c(C)c1. The maximum atomic E-state index is 14.1. The highest BCUT2D eigenvalue weighted by molar-refractivity contribution is 7.87. The highest BCUT2D eigenvalue weighted by Gasteiger charge is 2.59. The number of hydrogen-bond acceptors (Lipinski definition) is 36. The second-order valence-electron chi connectivity index (χ2n) is 26.7. The molecule has 22 saturated heterocycles. The summed E-state index contributed by atoms with van der Waals surface area (Å²) in [6.45, 7) is 7.02. The van der Waals surface area contributed by atoms with Gasteiger partial charge in [0.15, 0.2) is 37.7 Å². The van der Waals surface area contributed by atoms with Gasteiger partial charge in [0.1, 0.15) is 146 Å². The van der Waals surface area contributed by atoms with Crippen molar-refractivity contribution < 1.29 is 171 Å². The number of hydrogen-bond donors (Lipinski definition) is 15. The molecule has 22 heterocycles. The van der Waals surface area contributed by atoms with Crippen molar-refractivity contribution in [1.29, 1.82) is 0 Å². The third kappa shape index (κ3) is 16.5. The van der Waals surface area contributed by atoms with Crippen molar-refractivity contribution in [3.63, 3.8) is 0 Å². The Bertz CT molecular complexity index is 3300. The largest absolute Gasteiger partial charge is 0.394 e. The third-order valence-corrected chi connectivity index (χ3v) is 23.6. The summed E-state index contributed by atoms with van der Waals surface area (Å²) in [7, 11) is -14.5. The Morgan fingerprint density at radius 1 is 0.265 bits per heavy atom. The summed E-state index contributed by atoms with van der Waals surface area (Å²) in [5.74, 6) is 0. The average molecular weight is 1520 g/mol. The molecule has 0 spiro atoms. The van der Waals surface area contributed by atoms with Crippen molar-refractivity contribution in [3.05, 3.63) is 86.5 Å². The van der Waals surface area contributed by atoms with Crippen LogP contribution in [-0.4, -0.2) is 326 Å². The molecule has 22 aliphatic rings. The second kappa shape index (κ2) is 32.2. The fourth-order valence-electron chi connectivity index (χ4n) is 14.2. The minimum absolute atomic E-state index is 0.232. The smallest absolute Gasteiger partial charge is 0.297 e. The van der Waals surface area contributed by atoms with Gasteiger partial charge in [0, 0.05) is 0 Å². The zero-order valence-electron chi connectivity index (χ0n) is 56.5. The molecule has 25 rings (SSSR count). The lowest BCUT2D eigenvalue weighted by atomic mass is 9.94. The zero-order chi connectivity index (χ0) is 74.8. The summed E-state index contributed by atoms with van der Waals surface area (Å²) < 4.78 is 173. The number of aliphatic hydroxyl groups is 15. The standard InChI is InChI=1S/C63H90O36S3/c1-22-10-25(4)55(26(5)11-22)100(79,80)85-19-34-52-40(70)46(76)61(91-34)94-49-31(16-64)89-59(44(74)38(49)68)98-53-35(20-86-101(81,82)56-27(6)12-23(2)13-28(56)7)93-63(48(78)42(53)72)96-51-33(18-66)90-60(45(75)39(51)69)99-54-36(21-87-102(83,84)57-29(8)14-24(3)15-30(57)9)92-62(47(77)41(54)71)95-50-32(17-65)88-58(97-52)43(73)37(50)67/h10-15,31-54,58-78H,16-21H2,1-9H3/t31-,32-,33-,34-,35-,36-,37-,38-,39-,40-,41-,42-,43-,44-,45-,46-,47-,48-,49-,50-,51-,52-,53-,54-,58-,59-,60-,61-,62-,63-/m1/s1. The maximum absolute atomic E-state index is 14.1. The first kappa shape index (κ1) is 80.8. The monoisotopic (exact) mass is 1520 g/mol. The molecule has 0 aromatic heterocycles. The van der Waals surface area contributed by atoms with Gasteiger partial charge in [-0.25, -0.2) is 0 Å². The Balaban J connectivity index is 1.03. The molecule has 39 heteroatoms. The molecule has 102 heavy (non-hydrogen) atoms. The highest BCUT2D eigenvalue weighted by Crippen LogP contribution is 2.40. The highest BCUT2D eigenvalue weighted by atomic mass is 32.2. The fourth-order valence-corrected chi connectivity index (χ4v) is 18.2. The Labute approximate surface area is 586 Å². The minimum atomic E-state index is -4.82. The van der Waals surface area contributed by atoms with Crippen LogP contribution < -0.4 is 0 Å². The number of rotatable bonds is 15. The Kier molecular flexibility index (Phi) is 25.6. The van der Waals surface area contributed by atoms with E-state index in [9.17, 15) is 102 Å². The van der Waals surface area contributed by atoms with Crippen molar-refractivity contribution in [2.45, 2.75) is 261 Å². The Morgan fingerprint density at radius 2 is 0.422 bits per heavy atom. The van der Waals surface area contributed by atoms with Gasteiger partial charge in [0.2, 0.25) is 0 Å². The predicted octanol–water partition coefficient (Wildman–Crippen LogP) is -6.04. The molecule has 12 bridgehead atoms. The molecule has 15 N–H and O–H groups in total. The van der Waals surface area contributed by atoms with Gasteiger partial charge in [0.05, 0.1) is 54.3 Å². The first-order valence-corrected chi connectivity index (χ1v) is 36.8. The summed E-state index contributed by atoms with van der Waals surface area (Å²) in [4.78, 5) is -0.889. The van der Waals surface area contributed by atoms with E-state index < -0.39 is 254 Å². The van der Waals surface area contributed by atoms with Crippen LogP contribution in [0, 0.1) is 62.3 Å². The summed E-state index contributed by atoms with van der Waals surface area (Å²) in [5.41, 5.74) is 3.43. The molecule has 0 aliphatic carbocycles. The molecule has 3 aromatic carbocycles. The van der Waals surface area contributed by atoms with E-state index in [-0.39, 0.29) is 48.1 Å². The van der Waals surface area contributed by atoms with Crippen molar-refractivity contribution in [1.82, 2.24) is 0 Å². The molecule has 576 valence electrons. The van der Waals surface area contributed by atoms with Crippen LogP contribution in [-0.2, 0) is 99.7 Å². The lowest BCUT2D eigenvalue weighted by Crippen LogP contribution is -2.69. The molecule has 22 fully saturated rings. The van der Waals surface area contributed by atoms with E-state index in [2.05, 4.69) is 0 Å². The summed E-state index contributed by atoms with van der Waals surface area (Å²) in [6.07, 6.45) is -66.5. The summed E-state index contributed by atoms with van der Waals surface area (Å²) >= 11 is 0. The molecule has 0 amide bonds.